The van der Waals surface area contributed by atoms with Crippen molar-refractivity contribution in [3.8, 4) is 11.5 Å². The first-order valence-electron chi connectivity index (χ1n) is 8.57. The van der Waals surface area contributed by atoms with E-state index in [1.807, 2.05) is 25.1 Å². The molecule has 0 saturated heterocycles. The molecule has 2 N–H and O–H groups in total. The van der Waals surface area contributed by atoms with Crippen LogP contribution in [0.25, 0.3) is 0 Å². The van der Waals surface area contributed by atoms with Gasteiger partial charge in [0.15, 0.2) is 0 Å². The highest BCUT2D eigenvalue weighted by Gasteiger charge is 2.18. The van der Waals surface area contributed by atoms with Crippen LogP contribution >= 0.6 is 0 Å². The third-order valence-electron chi connectivity index (χ3n) is 3.99. The number of ether oxygens (including phenoxy) is 2. The van der Waals surface area contributed by atoms with Gasteiger partial charge in [-0.1, -0.05) is 29.8 Å². The number of alkyl halides is 2. The molecule has 2 amide bonds. The minimum Gasteiger partial charge on any atom is -0.496 e. The molecule has 0 bridgehead atoms. The zero-order valence-corrected chi connectivity index (χ0v) is 15.8. The molecular formula is C20H22F2N2O4. The molecule has 0 aliphatic heterocycles. The van der Waals surface area contributed by atoms with Crippen LogP contribution in [-0.2, 0) is 4.79 Å². The van der Waals surface area contributed by atoms with E-state index in [1.54, 1.807) is 14.0 Å². The maximum Gasteiger partial charge on any atom is 0.387 e. The molecule has 28 heavy (non-hydrogen) atoms. The Kier molecular flexibility index (Phi) is 7.31. The number of aryl methyl sites for hydroxylation is 1. The molecule has 0 spiro atoms. The molecule has 0 heterocycles. The van der Waals surface area contributed by atoms with Crippen molar-refractivity contribution in [2.75, 3.05) is 13.7 Å². The summed E-state index contributed by atoms with van der Waals surface area (Å²) in [6.45, 7) is 0.349. The highest BCUT2D eigenvalue weighted by molar-refractivity contribution is 5.98. The second-order valence-electron chi connectivity index (χ2n) is 6.09. The largest absolute Gasteiger partial charge is 0.496 e. The number of hydrogen-bond acceptors (Lipinski definition) is 4. The Morgan fingerprint density at radius 1 is 1.11 bits per heavy atom. The Balaban J connectivity index is 1.98. The fourth-order valence-electron chi connectivity index (χ4n) is 2.67. The zero-order chi connectivity index (χ0) is 20.7. The molecular weight excluding hydrogens is 370 g/mol. The molecule has 1 atom stereocenters. The third-order valence-corrected chi connectivity index (χ3v) is 3.99. The SMILES string of the molecule is COc1ccc(C)cc1C(C)NC(=O)CNC(=O)c1ccccc1OC(F)F. The summed E-state index contributed by atoms with van der Waals surface area (Å²) in [6, 6.07) is 10.8. The summed E-state index contributed by atoms with van der Waals surface area (Å²) >= 11 is 0. The van der Waals surface area contributed by atoms with Crippen LogP contribution in [0, 0.1) is 6.92 Å². The van der Waals surface area contributed by atoms with Gasteiger partial charge in [0.05, 0.1) is 25.3 Å². The monoisotopic (exact) mass is 392 g/mol. The molecule has 0 aliphatic rings. The summed E-state index contributed by atoms with van der Waals surface area (Å²) in [5.41, 5.74) is 1.74. The van der Waals surface area contributed by atoms with Gasteiger partial charge in [-0.3, -0.25) is 9.59 Å². The standard InChI is InChI=1S/C20H22F2N2O4/c1-12-8-9-16(27-3)15(10-12)13(2)24-18(25)11-23-19(26)14-6-4-5-7-17(14)28-20(21)22/h4-10,13,20H,11H2,1-3H3,(H,23,26)(H,24,25). The average molecular weight is 392 g/mol. The second-order valence-corrected chi connectivity index (χ2v) is 6.09. The third kappa shape index (κ3) is 5.67. The molecule has 1 unspecified atom stereocenters. The number of carbonyl (C=O) groups is 2. The summed E-state index contributed by atoms with van der Waals surface area (Å²) in [6.07, 6.45) is 0. The van der Waals surface area contributed by atoms with Crippen molar-refractivity contribution in [2.24, 2.45) is 0 Å². The van der Waals surface area contributed by atoms with Gasteiger partial charge in [-0.2, -0.15) is 8.78 Å². The van der Waals surface area contributed by atoms with Gasteiger partial charge in [0.25, 0.3) is 5.91 Å². The van der Waals surface area contributed by atoms with Gasteiger partial charge in [0.1, 0.15) is 11.5 Å². The fraction of sp³-hybridized carbons (Fsp3) is 0.300. The van der Waals surface area contributed by atoms with Crippen LogP contribution in [0.3, 0.4) is 0 Å². The second kappa shape index (κ2) is 9.68. The van der Waals surface area contributed by atoms with E-state index < -0.39 is 18.4 Å². The van der Waals surface area contributed by atoms with E-state index in [4.69, 9.17) is 4.74 Å². The van der Waals surface area contributed by atoms with Crippen molar-refractivity contribution in [3.05, 3.63) is 59.2 Å². The smallest absolute Gasteiger partial charge is 0.387 e. The lowest BCUT2D eigenvalue weighted by Crippen LogP contribution is -2.38. The van der Waals surface area contributed by atoms with Gasteiger partial charge in [0, 0.05) is 5.56 Å². The Morgan fingerprint density at radius 2 is 1.82 bits per heavy atom. The molecule has 0 fully saturated rings. The lowest BCUT2D eigenvalue weighted by Gasteiger charge is -2.18. The number of rotatable bonds is 8. The van der Waals surface area contributed by atoms with Crippen molar-refractivity contribution in [2.45, 2.75) is 26.5 Å². The molecule has 0 aliphatic carbocycles. The first kappa shape index (κ1) is 21.1. The minimum absolute atomic E-state index is 0.0796. The van der Waals surface area contributed by atoms with Crippen molar-refractivity contribution in [1.29, 1.82) is 0 Å². The van der Waals surface area contributed by atoms with Gasteiger partial charge in [-0.15, -0.1) is 0 Å². The van der Waals surface area contributed by atoms with E-state index in [2.05, 4.69) is 15.4 Å². The topological polar surface area (TPSA) is 76.7 Å². The summed E-state index contributed by atoms with van der Waals surface area (Å²) in [5, 5.41) is 5.17. The van der Waals surface area contributed by atoms with Crippen LogP contribution < -0.4 is 20.1 Å². The molecule has 150 valence electrons. The van der Waals surface area contributed by atoms with E-state index >= 15 is 0 Å². The van der Waals surface area contributed by atoms with E-state index in [0.717, 1.165) is 11.1 Å². The first-order valence-corrected chi connectivity index (χ1v) is 8.57. The highest BCUT2D eigenvalue weighted by atomic mass is 19.3. The van der Waals surface area contributed by atoms with Gasteiger partial charge >= 0.3 is 6.61 Å². The maximum absolute atomic E-state index is 12.4. The zero-order valence-electron chi connectivity index (χ0n) is 15.8. The Morgan fingerprint density at radius 3 is 2.50 bits per heavy atom. The van der Waals surface area contributed by atoms with Crippen LogP contribution in [0.1, 0.15) is 34.5 Å². The number of amides is 2. The fourth-order valence-corrected chi connectivity index (χ4v) is 2.67. The van der Waals surface area contributed by atoms with E-state index in [0.29, 0.717) is 5.75 Å². The molecule has 0 aromatic heterocycles. The number of benzene rings is 2. The van der Waals surface area contributed by atoms with E-state index in [9.17, 15) is 18.4 Å². The summed E-state index contributed by atoms with van der Waals surface area (Å²) < 4.78 is 34.5. The van der Waals surface area contributed by atoms with Crippen molar-refractivity contribution < 1.29 is 27.8 Å². The molecule has 6 nitrogen and oxygen atoms in total. The average Bonchev–Trinajstić information content (AvgIpc) is 2.66. The van der Waals surface area contributed by atoms with Crippen LogP contribution in [0.4, 0.5) is 8.78 Å². The number of halogens is 2. The molecule has 0 radical (unpaired) electrons. The molecule has 0 saturated carbocycles. The number of hydrogen-bond donors (Lipinski definition) is 2. The lowest BCUT2D eigenvalue weighted by molar-refractivity contribution is -0.120. The van der Waals surface area contributed by atoms with Gasteiger partial charge in [0.2, 0.25) is 5.91 Å². The maximum atomic E-state index is 12.4. The summed E-state index contributed by atoms with van der Waals surface area (Å²) in [4.78, 5) is 24.4. The van der Waals surface area contributed by atoms with Gasteiger partial charge in [-0.25, -0.2) is 0 Å². The van der Waals surface area contributed by atoms with Gasteiger partial charge in [-0.05, 0) is 32.0 Å². The van der Waals surface area contributed by atoms with Crippen LogP contribution in [0.15, 0.2) is 42.5 Å². The van der Waals surface area contributed by atoms with Crippen LogP contribution in [-0.4, -0.2) is 32.1 Å². The van der Waals surface area contributed by atoms with E-state index in [-0.39, 0.29) is 23.9 Å². The quantitative estimate of drug-likeness (QED) is 0.723. The number of nitrogens with one attached hydrogen (secondary N) is 2. The predicted octanol–water partition coefficient (Wildman–Crippen LogP) is 3.21. The van der Waals surface area contributed by atoms with Gasteiger partial charge < -0.3 is 20.1 Å². The molecule has 8 heteroatoms. The van der Waals surface area contributed by atoms with Crippen LogP contribution in [0.5, 0.6) is 11.5 Å². The molecule has 2 aromatic rings. The normalized spacial score (nSPS) is 11.6. The van der Waals surface area contributed by atoms with Crippen molar-refractivity contribution in [3.63, 3.8) is 0 Å². The summed E-state index contributed by atoms with van der Waals surface area (Å²) in [7, 11) is 1.54. The Labute approximate surface area is 161 Å². The Hall–Kier alpha value is -3.16. The molecule has 2 aromatic carbocycles. The van der Waals surface area contributed by atoms with Crippen LogP contribution in [0.2, 0.25) is 0 Å². The first-order chi connectivity index (χ1) is 13.3. The number of carbonyl (C=O) groups excluding carboxylic acids is 2. The predicted molar refractivity (Wildman–Crippen MR) is 99.7 cm³/mol. The van der Waals surface area contributed by atoms with Crippen molar-refractivity contribution >= 4 is 11.8 Å². The van der Waals surface area contributed by atoms with Crippen molar-refractivity contribution in [1.82, 2.24) is 10.6 Å². The van der Waals surface area contributed by atoms with E-state index in [1.165, 1.54) is 24.3 Å². The summed E-state index contributed by atoms with van der Waals surface area (Å²) in [5.74, 6) is -0.738. The minimum atomic E-state index is -3.05. The lowest BCUT2D eigenvalue weighted by atomic mass is 10.0. The highest BCUT2D eigenvalue weighted by Crippen LogP contribution is 2.26. The molecule has 2 rings (SSSR count). The number of methoxy groups -OCH3 is 1. The number of para-hydroxylation sites is 1. The Bertz CT molecular complexity index is 843.